The fourth-order valence-electron chi connectivity index (χ4n) is 1.83. The minimum atomic E-state index is -1.00. The summed E-state index contributed by atoms with van der Waals surface area (Å²) in [5.74, 6) is -0.513. The number of hydrogen-bond donors (Lipinski definition) is 1. The Balaban J connectivity index is 1.97. The molecule has 20 heavy (non-hydrogen) atoms. The average molecular weight is 266 g/mol. The van der Waals surface area contributed by atoms with E-state index < -0.39 is 5.97 Å². The molecule has 0 saturated heterocycles. The fourth-order valence-corrected chi connectivity index (χ4v) is 1.83. The molecule has 6 heteroatoms. The minimum absolute atomic E-state index is 0.492. The zero-order valence-electron chi connectivity index (χ0n) is 10.3. The predicted molar refractivity (Wildman–Crippen MR) is 73.3 cm³/mol. The normalized spacial score (nSPS) is 11.2. The highest BCUT2D eigenvalue weighted by atomic mass is 16.4. The van der Waals surface area contributed by atoms with E-state index in [1.54, 1.807) is 23.3 Å². The van der Waals surface area contributed by atoms with Crippen LogP contribution in [0.2, 0.25) is 0 Å². The van der Waals surface area contributed by atoms with Crippen molar-refractivity contribution >= 4 is 23.1 Å². The van der Waals surface area contributed by atoms with Crippen LogP contribution >= 0.6 is 0 Å². The number of carboxylic acid groups (broad SMARTS) is 1. The second-order valence-electron chi connectivity index (χ2n) is 4.09. The Labute approximate surface area is 114 Å². The van der Waals surface area contributed by atoms with Crippen molar-refractivity contribution in [2.75, 3.05) is 0 Å². The van der Waals surface area contributed by atoms with Crippen LogP contribution in [0.4, 0.5) is 0 Å². The lowest BCUT2D eigenvalue weighted by Gasteiger charge is -2.01. The van der Waals surface area contributed by atoms with E-state index in [0.717, 1.165) is 17.1 Å². The first-order chi connectivity index (χ1) is 9.74. The second kappa shape index (κ2) is 4.93. The maximum absolute atomic E-state index is 10.4. The van der Waals surface area contributed by atoms with Crippen LogP contribution in [-0.4, -0.2) is 30.6 Å². The smallest absolute Gasteiger partial charge is 0.328 e. The Morgan fingerprint density at radius 1 is 1.15 bits per heavy atom. The third kappa shape index (κ3) is 2.26. The topological polar surface area (TPSA) is 80.9 Å². The molecule has 0 aliphatic heterocycles. The molecule has 0 fully saturated rings. The van der Waals surface area contributed by atoms with Gasteiger partial charge in [0.05, 0.1) is 11.0 Å². The van der Waals surface area contributed by atoms with Crippen LogP contribution in [0.3, 0.4) is 0 Å². The van der Waals surface area contributed by atoms with Crippen molar-refractivity contribution in [2.45, 2.75) is 0 Å². The monoisotopic (exact) mass is 266 g/mol. The molecule has 1 aromatic carbocycles. The summed E-state index contributed by atoms with van der Waals surface area (Å²) in [5.41, 5.74) is 2.41. The van der Waals surface area contributed by atoms with Crippen molar-refractivity contribution in [3.05, 3.63) is 54.6 Å². The molecule has 0 radical (unpaired) electrons. The van der Waals surface area contributed by atoms with E-state index in [0.29, 0.717) is 11.5 Å². The highest BCUT2D eigenvalue weighted by molar-refractivity contribution is 5.85. The molecule has 6 nitrogen and oxygen atoms in total. The highest BCUT2D eigenvalue weighted by Gasteiger charge is 2.05. The van der Waals surface area contributed by atoms with Crippen molar-refractivity contribution in [1.29, 1.82) is 0 Å². The second-order valence-corrected chi connectivity index (χ2v) is 4.09. The number of imidazole rings is 1. The van der Waals surface area contributed by atoms with Gasteiger partial charge >= 0.3 is 5.97 Å². The molecule has 0 aliphatic rings. The van der Waals surface area contributed by atoms with E-state index in [9.17, 15) is 4.79 Å². The van der Waals surface area contributed by atoms with Gasteiger partial charge in [-0.25, -0.2) is 19.7 Å². The first kappa shape index (κ1) is 12.0. The van der Waals surface area contributed by atoms with E-state index in [4.69, 9.17) is 5.11 Å². The average Bonchev–Trinajstić information content (AvgIpc) is 2.89. The molecule has 3 rings (SSSR count). The van der Waals surface area contributed by atoms with Crippen LogP contribution < -0.4 is 0 Å². The van der Waals surface area contributed by atoms with Gasteiger partial charge in [0.2, 0.25) is 5.95 Å². The summed E-state index contributed by atoms with van der Waals surface area (Å²) in [6, 6.07) is 7.69. The first-order valence-corrected chi connectivity index (χ1v) is 5.89. The Hall–Kier alpha value is -3.02. The van der Waals surface area contributed by atoms with Crippen LogP contribution in [0.5, 0.6) is 0 Å². The first-order valence-electron chi connectivity index (χ1n) is 5.89. The number of carbonyl (C=O) groups is 1. The quantitative estimate of drug-likeness (QED) is 0.732. The van der Waals surface area contributed by atoms with E-state index in [1.807, 2.05) is 24.3 Å². The number of hydrogen-bond acceptors (Lipinski definition) is 4. The van der Waals surface area contributed by atoms with Gasteiger partial charge in [-0.2, -0.15) is 0 Å². The largest absolute Gasteiger partial charge is 0.478 e. The minimum Gasteiger partial charge on any atom is -0.478 e. The Bertz CT molecular complexity index is 790. The van der Waals surface area contributed by atoms with Crippen molar-refractivity contribution < 1.29 is 9.90 Å². The molecule has 0 amide bonds. The van der Waals surface area contributed by atoms with Gasteiger partial charge in [0.15, 0.2) is 0 Å². The Kier molecular flexibility index (Phi) is 2.96. The summed E-state index contributed by atoms with van der Waals surface area (Å²) in [6.45, 7) is 0. The van der Waals surface area contributed by atoms with Gasteiger partial charge in [0.1, 0.15) is 6.33 Å². The lowest BCUT2D eigenvalue weighted by atomic mass is 10.3. The molecule has 0 atom stereocenters. The maximum atomic E-state index is 10.4. The molecule has 0 spiro atoms. The number of para-hydroxylation sites is 2. The summed E-state index contributed by atoms with van der Waals surface area (Å²) < 4.78 is 1.78. The number of aliphatic carboxylic acids is 1. The molecular weight excluding hydrogens is 256 g/mol. The number of benzene rings is 1. The van der Waals surface area contributed by atoms with E-state index in [2.05, 4.69) is 15.0 Å². The van der Waals surface area contributed by atoms with E-state index in [-0.39, 0.29) is 0 Å². The Morgan fingerprint density at radius 3 is 2.65 bits per heavy atom. The SMILES string of the molecule is O=C(O)/C=C/c1cnc(-n2cnc3ccccc32)nc1. The van der Waals surface area contributed by atoms with E-state index >= 15 is 0 Å². The number of fused-ring (bicyclic) bond motifs is 1. The van der Waals surface area contributed by atoms with Crippen molar-refractivity contribution in [3.8, 4) is 5.95 Å². The van der Waals surface area contributed by atoms with E-state index in [1.165, 1.54) is 6.08 Å². The third-order valence-corrected chi connectivity index (χ3v) is 2.75. The number of aromatic nitrogens is 4. The molecule has 0 saturated carbocycles. The molecule has 98 valence electrons. The molecular formula is C14H10N4O2. The summed E-state index contributed by atoms with van der Waals surface area (Å²) >= 11 is 0. The molecule has 0 unspecified atom stereocenters. The molecule has 3 aromatic rings. The summed E-state index contributed by atoms with van der Waals surface area (Å²) in [7, 11) is 0. The molecule has 1 N–H and O–H groups in total. The van der Waals surface area contributed by atoms with Crippen molar-refractivity contribution in [2.24, 2.45) is 0 Å². The maximum Gasteiger partial charge on any atom is 0.328 e. The molecule has 2 aromatic heterocycles. The summed E-state index contributed by atoms with van der Waals surface area (Å²) in [4.78, 5) is 23.1. The van der Waals surface area contributed by atoms with Gasteiger partial charge in [-0.3, -0.25) is 4.57 Å². The van der Waals surface area contributed by atoms with Crippen LogP contribution in [0.25, 0.3) is 23.1 Å². The molecule has 0 bridgehead atoms. The lowest BCUT2D eigenvalue weighted by Crippen LogP contribution is -1.99. The predicted octanol–water partition coefficient (Wildman–Crippen LogP) is 1.91. The fraction of sp³-hybridized carbons (Fsp3) is 0. The van der Waals surface area contributed by atoms with Gasteiger partial charge in [-0.05, 0) is 18.2 Å². The van der Waals surface area contributed by atoms with Crippen LogP contribution in [0.15, 0.2) is 49.1 Å². The zero-order chi connectivity index (χ0) is 13.9. The van der Waals surface area contributed by atoms with Gasteiger partial charge in [-0.15, -0.1) is 0 Å². The standard InChI is InChI=1S/C14H10N4O2/c19-13(20)6-5-10-7-15-14(16-8-10)18-9-17-11-3-1-2-4-12(11)18/h1-9H,(H,19,20)/b6-5+. The van der Waals surface area contributed by atoms with Gasteiger partial charge in [-0.1, -0.05) is 12.1 Å². The highest BCUT2D eigenvalue weighted by Crippen LogP contribution is 2.15. The molecule has 0 aliphatic carbocycles. The van der Waals surface area contributed by atoms with Crippen LogP contribution in [-0.2, 0) is 4.79 Å². The molecule has 2 heterocycles. The van der Waals surface area contributed by atoms with Gasteiger partial charge in [0, 0.05) is 24.0 Å². The van der Waals surface area contributed by atoms with Gasteiger partial charge < -0.3 is 5.11 Å². The van der Waals surface area contributed by atoms with Crippen LogP contribution in [0, 0.1) is 0 Å². The third-order valence-electron chi connectivity index (χ3n) is 2.75. The number of carboxylic acids is 1. The van der Waals surface area contributed by atoms with Crippen molar-refractivity contribution in [1.82, 2.24) is 19.5 Å². The number of nitrogens with zero attached hydrogens (tertiary/aromatic N) is 4. The zero-order valence-corrected chi connectivity index (χ0v) is 10.3. The number of rotatable bonds is 3. The summed E-state index contributed by atoms with van der Waals surface area (Å²) in [6.07, 6.45) is 7.28. The van der Waals surface area contributed by atoms with Crippen molar-refractivity contribution in [3.63, 3.8) is 0 Å². The van der Waals surface area contributed by atoms with Crippen LogP contribution in [0.1, 0.15) is 5.56 Å². The van der Waals surface area contributed by atoms with Gasteiger partial charge in [0.25, 0.3) is 0 Å². The Morgan fingerprint density at radius 2 is 1.90 bits per heavy atom. The lowest BCUT2D eigenvalue weighted by molar-refractivity contribution is -0.131. The summed E-state index contributed by atoms with van der Waals surface area (Å²) in [5, 5.41) is 8.56.